The summed E-state index contributed by atoms with van der Waals surface area (Å²) in [6.45, 7) is 3.31. The minimum absolute atomic E-state index is 0.0387. The Morgan fingerprint density at radius 3 is 2.43 bits per heavy atom. The van der Waals surface area contributed by atoms with Crippen molar-refractivity contribution in [3.63, 3.8) is 0 Å². The van der Waals surface area contributed by atoms with Crippen molar-refractivity contribution in [2.24, 2.45) is 5.92 Å². The van der Waals surface area contributed by atoms with Gasteiger partial charge in [0.15, 0.2) is 0 Å². The Kier molecular flexibility index (Phi) is 5.80. The van der Waals surface area contributed by atoms with Gasteiger partial charge in [-0.05, 0) is 55.8 Å². The molecular formula is C22H27FN2O2S. The van der Waals surface area contributed by atoms with Gasteiger partial charge in [0.2, 0.25) is 10.0 Å². The number of hydrogen-bond donors (Lipinski definition) is 0. The highest BCUT2D eigenvalue weighted by Gasteiger charge is 2.41. The molecule has 2 aromatic rings. The lowest BCUT2D eigenvalue weighted by molar-refractivity contribution is 0.125. The lowest BCUT2D eigenvalue weighted by Gasteiger charge is -2.38. The van der Waals surface area contributed by atoms with Crippen molar-refractivity contribution in [3.05, 3.63) is 66.0 Å². The van der Waals surface area contributed by atoms with E-state index in [1.54, 1.807) is 10.4 Å². The number of likely N-dealkylation sites (tertiary alicyclic amines) is 1. The Bertz CT molecular complexity index is 904. The lowest BCUT2D eigenvalue weighted by Crippen LogP contribution is -2.46. The SMILES string of the molecule is O=S(=O)(c1ccccc1F)N1CCCC1C1CCCN(Cc2ccccc2)C1. The van der Waals surface area contributed by atoms with Crippen LogP contribution in [-0.4, -0.2) is 43.3 Å². The van der Waals surface area contributed by atoms with Crippen molar-refractivity contribution >= 4 is 10.0 Å². The minimum atomic E-state index is -3.80. The Balaban J connectivity index is 1.51. The zero-order valence-corrected chi connectivity index (χ0v) is 16.8. The summed E-state index contributed by atoms with van der Waals surface area (Å²) in [5, 5.41) is 0. The molecule has 0 spiro atoms. The van der Waals surface area contributed by atoms with Gasteiger partial charge in [-0.25, -0.2) is 12.8 Å². The van der Waals surface area contributed by atoms with E-state index in [-0.39, 0.29) is 10.9 Å². The van der Waals surface area contributed by atoms with Crippen LogP contribution in [0.1, 0.15) is 31.2 Å². The van der Waals surface area contributed by atoms with Crippen LogP contribution in [0.25, 0.3) is 0 Å². The average molecular weight is 403 g/mol. The van der Waals surface area contributed by atoms with Gasteiger partial charge in [0.1, 0.15) is 10.7 Å². The van der Waals surface area contributed by atoms with Crippen LogP contribution in [0.2, 0.25) is 0 Å². The van der Waals surface area contributed by atoms with E-state index in [1.165, 1.54) is 23.8 Å². The molecule has 4 nitrogen and oxygen atoms in total. The van der Waals surface area contributed by atoms with Crippen molar-refractivity contribution in [1.29, 1.82) is 0 Å². The monoisotopic (exact) mass is 402 g/mol. The molecule has 2 unspecified atom stereocenters. The van der Waals surface area contributed by atoms with E-state index in [1.807, 2.05) is 6.07 Å². The smallest absolute Gasteiger partial charge is 0.246 e. The molecular weight excluding hydrogens is 375 g/mol. The van der Waals surface area contributed by atoms with Crippen LogP contribution in [0.3, 0.4) is 0 Å². The van der Waals surface area contributed by atoms with Crippen molar-refractivity contribution in [1.82, 2.24) is 9.21 Å². The molecule has 2 saturated heterocycles. The third kappa shape index (κ3) is 4.00. The Labute approximate surface area is 167 Å². The first-order valence-corrected chi connectivity index (χ1v) is 11.5. The number of halogens is 1. The molecule has 2 atom stereocenters. The highest BCUT2D eigenvalue weighted by Crippen LogP contribution is 2.35. The minimum Gasteiger partial charge on any atom is -0.299 e. The van der Waals surface area contributed by atoms with Crippen LogP contribution < -0.4 is 0 Å². The van der Waals surface area contributed by atoms with Gasteiger partial charge >= 0.3 is 0 Å². The zero-order chi connectivity index (χ0) is 19.6. The van der Waals surface area contributed by atoms with Gasteiger partial charge in [0.25, 0.3) is 0 Å². The largest absolute Gasteiger partial charge is 0.299 e. The molecule has 2 aliphatic heterocycles. The number of rotatable bonds is 5. The maximum Gasteiger partial charge on any atom is 0.246 e. The van der Waals surface area contributed by atoms with Gasteiger partial charge < -0.3 is 0 Å². The van der Waals surface area contributed by atoms with Crippen LogP contribution in [0.5, 0.6) is 0 Å². The van der Waals surface area contributed by atoms with E-state index in [0.29, 0.717) is 12.5 Å². The number of sulfonamides is 1. The second kappa shape index (κ2) is 8.31. The van der Waals surface area contributed by atoms with Crippen molar-refractivity contribution in [3.8, 4) is 0 Å². The summed E-state index contributed by atoms with van der Waals surface area (Å²) in [6, 6.07) is 16.1. The van der Waals surface area contributed by atoms with Crippen LogP contribution in [-0.2, 0) is 16.6 Å². The maximum absolute atomic E-state index is 14.2. The second-order valence-corrected chi connectivity index (χ2v) is 9.74. The van der Waals surface area contributed by atoms with Gasteiger partial charge in [-0.2, -0.15) is 4.31 Å². The van der Waals surface area contributed by atoms with Crippen molar-refractivity contribution < 1.29 is 12.8 Å². The molecule has 2 aliphatic rings. The van der Waals surface area contributed by atoms with E-state index in [4.69, 9.17) is 0 Å². The Hall–Kier alpha value is -1.76. The van der Waals surface area contributed by atoms with Crippen molar-refractivity contribution in [2.75, 3.05) is 19.6 Å². The highest BCUT2D eigenvalue weighted by molar-refractivity contribution is 7.89. The zero-order valence-electron chi connectivity index (χ0n) is 16.0. The van der Waals surface area contributed by atoms with E-state index < -0.39 is 15.8 Å². The molecule has 2 heterocycles. The highest BCUT2D eigenvalue weighted by atomic mass is 32.2. The van der Waals surface area contributed by atoms with Crippen LogP contribution in [0, 0.1) is 11.7 Å². The fourth-order valence-electron chi connectivity index (χ4n) is 4.71. The maximum atomic E-state index is 14.2. The standard InChI is InChI=1S/C22H27FN2O2S/c23-20-11-4-5-13-22(20)28(26,27)25-15-7-12-21(25)19-10-6-14-24(17-19)16-18-8-2-1-3-9-18/h1-5,8-9,11,13,19,21H,6-7,10,12,14-17H2. The van der Waals surface area contributed by atoms with Crippen LogP contribution in [0.15, 0.2) is 59.5 Å². The number of piperidine rings is 1. The van der Waals surface area contributed by atoms with E-state index in [9.17, 15) is 12.8 Å². The van der Waals surface area contributed by atoms with Gasteiger partial charge in [0, 0.05) is 25.7 Å². The predicted molar refractivity (Wildman–Crippen MR) is 108 cm³/mol. The molecule has 0 aromatic heterocycles. The third-order valence-electron chi connectivity index (χ3n) is 6.01. The molecule has 0 radical (unpaired) electrons. The topological polar surface area (TPSA) is 40.6 Å². The summed E-state index contributed by atoms with van der Waals surface area (Å²) in [6.07, 6.45) is 3.80. The number of benzene rings is 2. The molecule has 150 valence electrons. The fourth-order valence-corrected chi connectivity index (χ4v) is 6.53. The molecule has 28 heavy (non-hydrogen) atoms. The molecule has 0 saturated carbocycles. The van der Waals surface area contributed by atoms with Gasteiger partial charge in [-0.3, -0.25) is 4.90 Å². The number of hydrogen-bond acceptors (Lipinski definition) is 3. The first kappa shape index (κ1) is 19.6. The summed E-state index contributed by atoms with van der Waals surface area (Å²) in [5.74, 6) is -0.371. The quantitative estimate of drug-likeness (QED) is 0.762. The Morgan fingerprint density at radius 2 is 1.64 bits per heavy atom. The summed E-state index contributed by atoms with van der Waals surface area (Å²) in [4.78, 5) is 2.23. The van der Waals surface area contributed by atoms with Gasteiger partial charge in [0.05, 0.1) is 0 Å². The van der Waals surface area contributed by atoms with Gasteiger partial charge in [-0.15, -0.1) is 0 Å². The van der Waals surface area contributed by atoms with Crippen LogP contribution in [0.4, 0.5) is 4.39 Å². The first-order chi connectivity index (χ1) is 13.6. The summed E-state index contributed by atoms with van der Waals surface area (Å²) >= 11 is 0. The molecule has 0 aliphatic carbocycles. The molecule has 0 bridgehead atoms. The number of nitrogens with zero attached hydrogens (tertiary/aromatic N) is 2. The van der Waals surface area contributed by atoms with E-state index in [0.717, 1.165) is 45.3 Å². The van der Waals surface area contributed by atoms with Crippen molar-refractivity contribution in [2.45, 2.75) is 43.2 Å². The molecule has 2 fully saturated rings. The lowest BCUT2D eigenvalue weighted by atomic mass is 9.89. The summed E-state index contributed by atoms with van der Waals surface area (Å²) in [7, 11) is -3.80. The third-order valence-corrected chi connectivity index (χ3v) is 7.96. The second-order valence-electron chi connectivity index (χ2n) is 7.88. The molecule has 0 N–H and O–H groups in total. The molecule has 6 heteroatoms. The van der Waals surface area contributed by atoms with E-state index in [2.05, 4.69) is 29.2 Å². The van der Waals surface area contributed by atoms with Crippen LogP contribution >= 0.6 is 0 Å². The van der Waals surface area contributed by atoms with Gasteiger partial charge in [-0.1, -0.05) is 42.5 Å². The summed E-state index contributed by atoms with van der Waals surface area (Å²) < 4.78 is 42.1. The molecule has 4 rings (SSSR count). The fraction of sp³-hybridized carbons (Fsp3) is 0.455. The molecule has 0 amide bonds. The Morgan fingerprint density at radius 1 is 0.929 bits per heavy atom. The normalized spacial score (nSPS) is 24.5. The molecule has 2 aromatic carbocycles. The summed E-state index contributed by atoms with van der Waals surface area (Å²) in [5.41, 5.74) is 1.28. The van der Waals surface area contributed by atoms with E-state index >= 15 is 0 Å². The predicted octanol–water partition coefficient (Wildman–Crippen LogP) is 3.89. The average Bonchev–Trinajstić information content (AvgIpc) is 3.20. The first-order valence-electron chi connectivity index (χ1n) is 10.1.